The molecule has 3 aromatic carbocycles. The number of carbonyl (C=O) groups is 4. The summed E-state index contributed by atoms with van der Waals surface area (Å²) in [4.78, 5) is 72.6. The highest BCUT2D eigenvalue weighted by Gasteiger charge is 2.42. The van der Waals surface area contributed by atoms with Crippen LogP contribution in [-0.2, 0) is 37.0 Å². The van der Waals surface area contributed by atoms with Crippen molar-refractivity contribution in [3.05, 3.63) is 65.9 Å². The topological polar surface area (TPSA) is 193 Å². The van der Waals surface area contributed by atoms with Gasteiger partial charge in [0.1, 0.15) is 36.6 Å². The third-order valence-electron chi connectivity index (χ3n) is 13.7. The van der Waals surface area contributed by atoms with Gasteiger partial charge >= 0.3 is 12.2 Å². The van der Waals surface area contributed by atoms with Crippen LogP contribution in [0.4, 0.5) is 9.59 Å². The molecule has 3 aliphatic heterocycles. The number of imidazole rings is 2. The molecule has 16 heteroatoms. The highest BCUT2D eigenvalue weighted by atomic mass is 16.5. The number of H-pyrrole nitrogens is 2. The fourth-order valence-electron chi connectivity index (χ4n) is 9.82. The molecule has 0 bridgehead atoms. The monoisotopic (exact) mass is 876 g/mol. The third-order valence-corrected chi connectivity index (χ3v) is 13.7. The second-order valence-corrected chi connectivity index (χ2v) is 18.2. The van der Waals surface area contributed by atoms with Crippen LogP contribution in [0, 0.1) is 17.8 Å². The molecule has 16 nitrogen and oxygen atoms in total. The number of hydrogen-bond donors (Lipinski definition) is 4. The van der Waals surface area contributed by atoms with E-state index in [2.05, 4.69) is 82.5 Å². The maximum absolute atomic E-state index is 14.5. The first-order valence-corrected chi connectivity index (χ1v) is 22.3. The average molecular weight is 877 g/mol. The van der Waals surface area contributed by atoms with Crippen molar-refractivity contribution in [1.29, 1.82) is 0 Å². The molecule has 3 aliphatic rings. The molecule has 4 amide bonds. The van der Waals surface area contributed by atoms with Crippen LogP contribution < -0.4 is 15.4 Å². The molecule has 5 aromatic rings. The summed E-state index contributed by atoms with van der Waals surface area (Å²) in [5, 5.41) is 7.37. The minimum absolute atomic E-state index is 0.0374. The van der Waals surface area contributed by atoms with E-state index >= 15 is 0 Å². The molecule has 8 rings (SSSR count). The summed E-state index contributed by atoms with van der Waals surface area (Å²) in [7, 11) is 2.58. The van der Waals surface area contributed by atoms with Crippen LogP contribution in [0.15, 0.2) is 48.7 Å². The van der Waals surface area contributed by atoms with Gasteiger partial charge in [-0.3, -0.25) is 9.59 Å². The molecule has 2 saturated heterocycles. The van der Waals surface area contributed by atoms with E-state index in [9.17, 15) is 19.2 Å². The van der Waals surface area contributed by atoms with Crippen molar-refractivity contribution in [1.82, 2.24) is 40.4 Å². The summed E-state index contributed by atoms with van der Waals surface area (Å²) >= 11 is 0. The van der Waals surface area contributed by atoms with E-state index in [1.165, 1.54) is 14.2 Å². The number of hydrogen-bond acceptors (Lipinski definition) is 10. The second kappa shape index (κ2) is 18.1. The molecule has 64 heavy (non-hydrogen) atoms. The number of benzene rings is 3. The number of likely N-dealkylation sites (tertiary alicyclic amines) is 1. The molecule has 6 unspecified atom stereocenters. The zero-order valence-electron chi connectivity index (χ0n) is 38.1. The number of methoxy groups -OCH3 is 2. The van der Waals surface area contributed by atoms with Crippen molar-refractivity contribution in [2.75, 3.05) is 20.8 Å². The van der Waals surface area contributed by atoms with Crippen LogP contribution in [0.1, 0.15) is 91.0 Å². The second-order valence-electron chi connectivity index (χ2n) is 18.2. The molecule has 2 aromatic heterocycles. The number of alkyl carbamates (subject to hydrolysis) is 2. The standard InChI is InChI=1S/C48H60N8O8/c1-24(2)28(6)55(46(58)43(54-48(60)62-9)32-15-26(4)64-27(5)16-32)22-41-49-20-38(51-41)31-10-12-34-33(17-31)23-63-40-19-35-30(18-36(34)40)11-13-37-44(35)53-45(52-37)39-14-25(3)29(7)56(39)42(57)21-50-47(59)61-8/h10-13,17-20,24-29,32,39,43H,14-16,21-23H2,1-9H3,(H,49,51)(H,50,59)(H,52,53)(H,54,60)/t25?,26-,27?,28+,29?,32?,39?,43?/m1/s1. The molecule has 0 saturated carbocycles. The number of carbonyl (C=O) groups excluding carboxylic acids is 4. The van der Waals surface area contributed by atoms with Gasteiger partial charge in [-0.25, -0.2) is 19.6 Å². The molecule has 0 spiro atoms. The van der Waals surface area contributed by atoms with E-state index < -0.39 is 18.2 Å². The number of aromatic nitrogens is 4. The molecule has 5 heterocycles. The predicted octanol–water partition coefficient (Wildman–Crippen LogP) is 7.62. The summed E-state index contributed by atoms with van der Waals surface area (Å²) in [6.07, 6.45) is 2.43. The lowest BCUT2D eigenvalue weighted by atomic mass is 9.85. The van der Waals surface area contributed by atoms with Crippen molar-refractivity contribution in [2.24, 2.45) is 17.8 Å². The molecule has 4 N–H and O–H groups in total. The Bertz CT molecular complexity index is 2560. The Hall–Kier alpha value is -6.16. The minimum atomic E-state index is -0.780. The summed E-state index contributed by atoms with van der Waals surface area (Å²) < 4.78 is 22.1. The number of fused-ring (bicyclic) bond motifs is 6. The zero-order valence-corrected chi connectivity index (χ0v) is 38.1. The van der Waals surface area contributed by atoms with Gasteiger partial charge in [-0.05, 0) is 111 Å². The molecule has 2 fully saturated rings. The van der Waals surface area contributed by atoms with E-state index in [0.717, 1.165) is 61.9 Å². The van der Waals surface area contributed by atoms with Gasteiger partial charge in [0, 0.05) is 23.0 Å². The normalized spacial score (nSPS) is 22.6. The van der Waals surface area contributed by atoms with Crippen LogP contribution in [0.5, 0.6) is 5.75 Å². The molecular weight excluding hydrogens is 817 g/mol. The van der Waals surface area contributed by atoms with Gasteiger partial charge in [0.15, 0.2) is 0 Å². The minimum Gasteiger partial charge on any atom is -0.488 e. The summed E-state index contributed by atoms with van der Waals surface area (Å²) in [6.45, 7) is 14.8. The van der Waals surface area contributed by atoms with Crippen molar-refractivity contribution in [2.45, 2.75) is 117 Å². The first-order chi connectivity index (χ1) is 30.6. The molecule has 0 radical (unpaired) electrons. The van der Waals surface area contributed by atoms with E-state index in [4.69, 9.17) is 24.2 Å². The SMILES string of the molecule is COC(=O)NCC(=O)N1C(c2nc3ccc4cc5c(cc4c3[nH]2)OCc2cc(-c3cnc(CN(C(=O)C(NC(=O)OC)C4CC(C)O[C@H](C)C4)[C@@H](C)C(C)C)[nH]3)ccc2-5)CC(C)C1C. The number of amides is 4. The van der Waals surface area contributed by atoms with Gasteiger partial charge in [-0.1, -0.05) is 39.0 Å². The van der Waals surface area contributed by atoms with Gasteiger partial charge in [-0.15, -0.1) is 0 Å². The number of rotatable bonds is 11. The van der Waals surface area contributed by atoms with Crippen molar-refractivity contribution in [3.8, 4) is 28.1 Å². The quantitative estimate of drug-likeness (QED) is 0.103. The fourth-order valence-corrected chi connectivity index (χ4v) is 9.82. The van der Waals surface area contributed by atoms with Crippen molar-refractivity contribution >= 4 is 45.8 Å². The Morgan fingerprint density at radius 3 is 2.39 bits per heavy atom. The zero-order chi connectivity index (χ0) is 45.6. The Labute approximate surface area is 373 Å². The Kier molecular flexibility index (Phi) is 12.6. The molecule has 0 aliphatic carbocycles. The lowest BCUT2D eigenvalue weighted by molar-refractivity contribution is -0.141. The Morgan fingerprint density at radius 2 is 1.67 bits per heavy atom. The summed E-state index contributed by atoms with van der Waals surface area (Å²) in [5.74, 6) is 1.99. The predicted molar refractivity (Wildman–Crippen MR) is 241 cm³/mol. The van der Waals surface area contributed by atoms with E-state index in [1.807, 2.05) is 43.6 Å². The Balaban J connectivity index is 1.03. The van der Waals surface area contributed by atoms with Gasteiger partial charge in [0.25, 0.3) is 0 Å². The Morgan fingerprint density at radius 1 is 0.922 bits per heavy atom. The maximum atomic E-state index is 14.5. The van der Waals surface area contributed by atoms with Crippen LogP contribution >= 0.6 is 0 Å². The molecule has 8 atom stereocenters. The number of ether oxygens (including phenoxy) is 4. The van der Waals surface area contributed by atoms with Crippen LogP contribution in [0.25, 0.3) is 44.2 Å². The lowest BCUT2D eigenvalue weighted by Crippen LogP contribution is -2.56. The maximum Gasteiger partial charge on any atom is 0.407 e. The lowest BCUT2D eigenvalue weighted by Gasteiger charge is -2.40. The molecular formula is C48H60N8O8. The first kappa shape index (κ1) is 44.4. The third kappa shape index (κ3) is 8.71. The van der Waals surface area contributed by atoms with Crippen LogP contribution in [0.2, 0.25) is 0 Å². The van der Waals surface area contributed by atoms with E-state index in [-0.39, 0.29) is 73.0 Å². The molecule has 340 valence electrons. The average Bonchev–Trinajstić information content (AvgIpc) is 4.02. The van der Waals surface area contributed by atoms with Gasteiger partial charge < -0.3 is 49.3 Å². The van der Waals surface area contributed by atoms with Gasteiger partial charge in [-0.2, -0.15) is 0 Å². The number of nitrogens with zero attached hydrogens (tertiary/aromatic N) is 4. The van der Waals surface area contributed by atoms with Crippen molar-refractivity contribution < 1.29 is 38.1 Å². The smallest absolute Gasteiger partial charge is 0.407 e. The van der Waals surface area contributed by atoms with Crippen LogP contribution in [0.3, 0.4) is 0 Å². The largest absolute Gasteiger partial charge is 0.488 e. The van der Waals surface area contributed by atoms with E-state index in [0.29, 0.717) is 31.1 Å². The first-order valence-electron chi connectivity index (χ1n) is 22.3. The number of aromatic amines is 2. The highest BCUT2D eigenvalue weighted by Crippen LogP contribution is 2.44. The fraction of sp³-hybridized carbons (Fsp3) is 0.500. The van der Waals surface area contributed by atoms with Gasteiger partial charge in [0.2, 0.25) is 11.8 Å². The van der Waals surface area contributed by atoms with Gasteiger partial charge in [0.05, 0.1) is 61.9 Å². The summed E-state index contributed by atoms with van der Waals surface area (Å²) in [5.41, 5.74) is 6.50. The highest BCUT2D eigenvalue weighted by molar-refractivity contribution is 6.07. The summed E-state index contributed by atoms with van der Waals surface area (Å²) in [6, 6.07) is 13.3. The van der Waals surface area contributed by atoms with E-state index in [1.54, 1.807) is 6.20 Å². The number of nitrogens with one attached hydrogen (secondary N) is 4. The van der Waals surface area contributed by atoms with Crippen LogP contribution in [-0.4, -0.2) is 105 Å². The van der Waals surface area contributed by atoms with Crippen molar-refractivity contribution in [3.63, 3.8) is 0 Å².